The third-order valence-electron chi connectivity index (χ3n) is 1.90. The standard InChI is InChI=1S/C10H10F3NO4S/c1-17-8-5-3-7(4-6-8)9(10(11,12)13)14-18-19(2,15)16/h3-6H,1-2H3. The molecule has 0 saturated heterocycles. The average Bonchev–Trinajstić information content (AvgIpc) is 2.26. The second kappa shape index (κ2) is 5.47. The van der Waals surface area contributed by atoms with Crippen LogP contribution in [0.3, 0.4) is 0 Å². The van der Waals surface area contributed by atoms with E-state index >= 15 is 0 Å². The van der Waals surface area contributed by atoms with Crippen molar-refractivity contribution in [3.8, 4) is 5.75 Å². The van der Waals surface area contributed by atoms with Crippen LogP contribution in [0.4, 0.5) is 13.2 Å². The third kappa shape index (κ3) is 4.78. The first-order valence-corrected chi connectivity index (χ1v) is 6.63. The highest BCUT2D eigenvalue weighted by atomic mass is 32.2. The molecular formula is C10H10F3NO4S. The Bertz CT molecular complexity index is 563. The second-order valence-electron chi connectivity index (χ2n) is 3.44. The molecule has 0 atom stereocenters. The SMILES string of the molecule is COc1ccc(C(=NOS(C)(=O)=O)C(F)(F)F)cc1. The smallest absolute Gasteiger partial charge is 0.437 e. The van der Waals surface area contributed by atoms with Gasteiger partial charge in [0.25, 0.3) is 0 Å². The molecule has 106 valence electrons. The molecule has 0 fully saturated rings. The highest BCUT2D eigenvalue weighted by Crippen LogP contribution is 2.24. The molecule has 0 radical (unpaired) electrons. The van der Waals surface area contributed by atoms with E-state index in [4.69, 9.17) is 4.74 Å². The van der Waals surface area contributed by atoms with Gasteiger partial charge in [0.2, 0.25) is 0 Å². The monoisotopic (exact) mass is 297 g/mol. The highest BCUT2D eigenvalue weighted by Gasteiger charge is 2.38. The van der Waals surface area contributed by atoms with Crippen LogP contribution in [0.25, 0.3) is 0 Å². The van der Waals surface area contributed by atoms with Crippen LogP contribution in [-0.2, 0) is 14.4 Å². The number of oxime groups is 1. The molecule has 0 bridgehead atoms. The summed E-state index contributed by atoms with van der Waals surface area (Å²) in [5, 5.41) is 2.65. The Balaban J connectivity index is 3.17. The van der Waals surface area contributed by atoms with Gasteiger partial charge in [0.05, 0.1) is 13.4 Å². The van der Waals surface area contributed by atoms with E-state index in [-0.39, 0.29) is 5.56 Å². The molecule has 19 heavy (non-hydrogen) atoms. The quantitative estimate of drug-likeness (QED) is 0.629. The predicted octanol–water partition coefficient (Wildman–Crippen LogP) is 1.94. The van der Waals surface area contributed by atoms with Crippen LogP contribution in [0.1, 0.15) is 5.56 Å². The summed E-state index contributed by atoms with van der Waals surface area (Å²) in [4.78, 5) is 0. The first-order chi connectivity index (χ1) is 8.63. The molecule has 0 unspecified atom stereocenters. The number of ether oxygens (including phenoxy) is 1. The summed E-state index contributed by atoms with van der Waals surface area (Å²) in [7, 11) is -2.75. The summed E-state index contributed by atoms with van der Waals surface area (Å²) in [5.41, 5.74) is -1.78. The molecule has 0 N–H and O–H groups in total. The average molecular weight is 297 g/mol. The van der Waals surface area contributed by atoms with E-state index in [0.29, 0.717) is 12.0 Å². The van der Waals surface area contributed by atoms with Gasteiger partial charge in [0, 0.05) is 5.56 Å². The third-order valence-corrected chi connectivity index (χ3v) is 2.24. The second-order valence-corrected chi connectivity index (χ2v) is 5.00. The van der Waals surface area contributed by atoms with Gasteiger partial charge in [0.15, 0.2) is 5.71 Å². The zero-order chi connectivity index (χ0) is 14.7. The molecule has 1 aromatic rings. The first-order valence-electron chi connectivity index (χ1n) is 4.82. The number of rotatable bonds is 4. The number of alkyl halides is 3. The Morgan fingerprint density at radius 1 is 1.21 bits per heavy atom. The van der Waals surface area contributed by atoms with Gasteiger partial charge in [0.1, 0.15) is 5.75 Å². The summed E-state index contributed by atoms with van der Waals surface area (Å²) in [5.74, 6) is 0.356. The minimum Gasteiger partial charge on any atom is -0.497 e. The lowest BCUT2D eigenvalue weighted by atomic mass is 10.1. The highest BCUT2D eigenvalue weighted by molar-refractivity contribution is 7.85. The molecular weight excluding hydrogens is 287 g/mol. The van der Waals surface area contributed by atoms with E-state index < -0.39 is 22.0 Å². The molecule has 9 heteroatoms. The summed E-state index contributed by atoms with van der Waals surface area (Å²) >= 11 is 0. The molecule has 0 aliphatic carbocycles. The van der Waals surface area contributed by atoms with Crippen LogP contribution in [0.2, 0.25) is 0 Å². The fourth-order valence-corrected chi connectivity index (χ4v) is 1.33. The van der Waals surface area contributed by atoms with Gasteiger partial charge < -0.3 is 4.74 Å². The van der Waals surface area contributed by atoms with Crippen LogP contribution in [-0.4, -0.2) is 33.7 Å². The van der Waals surface area contributed by atoms with Crippen molar-refractivity contribution in [1.82, 2.24) is 0 Å². The molecule has 1 rings (SSSR count). The van der Waals surface area contributed by atoms with Gasteiger partial charge in [-0.05, 0) is 24.3 Å². The topological polar surface area (TPSA) is 65.0 Å². The van der Waals surface area contributed by atoms with Gasteiger partial charge in [-0.25, -0.2) is 0 Å². The summed E-state index contributed by atoms with van der Waals surface area (Å²) in [6.45, 7) is 0. The molecule has 0 saturated carbocycles. The van der Waals surface area contributed by atoms with E-state index in [9.17, 15) is 21.6 Å². The lowest BCUT2D eigenvalue weighted by molar-refractivity contribution is -0.0596. The zero-order valence-corrected chi connectivity index (χ0v) is 10.7. The minimum atomic E-state index is -4.85. The Hall–Kier alpha value is -1.77. The number of hydrogen-bond donors (Lipinski definition) is 0. The largest absolute Gasteiger partial charge is 0.497 e. The summed E-state index contributed by atoms with van der Waals surface area (Å²) in [6, 6.07) is 4.77. The normalized spacial score (nSPS) is 13.2. The fraction of sp³-hybridized carbons (Fsp3) is 0.300. The van der Waals surface area contributed by atoms with Crippen molar-refractivity contribution in [2.24, 2.45) is 5.16 Å². The molecule has 0 aliphatic rings. The van der Waals surface area contributed by atoms with E-state index in [1.807, 2.05) is 0 Å². The number of hydrogen-bond acceptors (Lipinski definition) is 5. The predicted molar refractivity (Wildman–Crippen MR) is 61.5 cm³/mol. The molecule has 0 aromatic heterocycles. The van der Waals surface area contributed by atoms with Crippen molar-refractivity contribution in [1.29, 1.82) is 0 Å². The number of benzene rings is 1. The van der Waals surface area contributed by atoms with Crippen molar-refractivity contribution in [2.45, 2.75) is 6.18 Å². The van der Waals surface area contributed by atoms with Crippen LogP contribution >= 0.6 is 0 Å². The van der Waals surface area contributed by atoms with Crippen molar-refractivity contribution < 1.29 is 30.6 Å². The minimum absolute atomic E-state index is 0.336. The lowest BCUT2D eigenvalue weighted by Crippen LogP contribution is -2.24. The fourth-order valence-electron chi connectivity index (χ4n) is 1.12. The van der Waals surface area contributed by atoms with E-state index in [1.165, 1.54) is 19.2 Å². The molecule has 0 heterocycles. The summed E-state index contributed by atoms with van der Waals surface area (Å²) < 4.78 is 68.2. The van der Waals surface area contributed by atoms with Crippen molar-refractivity contribution in [2.75, 3.05) is 13.4 Å². The van der Waals surface area contributed by atoms with Crippen LogP contribution in [0.5, 0.6) is 5.75 Å². The van der Waals surface area contributed by atoms with E-state index in [0.717, 1.165) is 12.1 Å². The van der Waals surface area contributed by atoms with Gasteiger partial charge in [-0.1, -0.05) is 5.16 Å². The van der Waals surface area contributed by atoms with Gasteiger partial charge in [-0.3, -0.25) is 4.28 Å². The van der Waals surface area contributed by atoms with Crippen LogP contribution < -0.4 is 4.74 Å². The number of methoxy groups -OCH3 is 1. The van der Waals surface area contributed by atoms with Gasteiger partial charge >= 0.3 is 16.3 Å². The maximum atomic E-state index is 12.7. The molecule has 0 spiro atoms. The zero-order valence-electron chi connectivity index (χ0n) is 9.93. The molecule has 1 aromatic carbocycles. The van der Waals surface area contributed by atoms with Crippen LogP contribution in [0, 0.1) is 0 Å². The lowest BCUT2D eigenvalue weighted by Gasteiger charge is -2.10. The molecule has 0 amide bonds. The number of halogens is 3. The van der Waals surface area contributed by atoms with Crippen molar-refractivity contribution >= 4 is 15.8 Å². The Labute approximate surface area is 107 Å². The van der Waals surface area contributed by atoms with Gasteiger partial charge in [-0.2, -0.15) is 21.6 Å². The van der Waals surface area contributed by atoms with Crippen molar-refractivity contribution in [3.63, 3.8) is 0 Å². The molecule has 0 aliphatic heterocycles. The van der Waals surface area contributed by atoms with E-state index in [1.54, 1.807) is 0 Å². The summed E-state index contributed by atoms with van der Waals surface area (Å²) in [6.07, 6.45) is -4.25. The molecule has 5 nitrogen and oxygen atoms in total. The Morgan fingerprint density at radius 3 is 2.11 bits per heavy atom. The van der Waals surface area contributed by atoms with Crippen LogP contribution in [0.15, 0.2) is 29.4 Å². The Morgan fingerprint density at radius 2 is 1.74 bits per heavy atom. The first kappa shape index (κ1) is 15.3. The van der Waals surface area contributed by atoms with E-state index in [2.05, 4.69) is 9.44 Å². The Kier molecular flexibility index (Phi) is 4.40. The maximum Gasteiger partial charge on any atom is 0.437 e. The number of nitrogens with zero attached hydrogens (tertiary/aromatic N) is 1. The maximum absolute atomic E-state index is 12.7. The van der Waals surface area contributed by atoms with Crippen molar-refractivity contribution in [3.05, 3.63) is 29.8 Å². The van der Waals surface area contributed by atoms with Gasteiger partial charge in [-0.15, -0.1) is 0 Å².